The number of para-hydroxylation sites is 1. The largest absolute Gasteiger partial charge is 0.337 e. The van der Waals surface area contributed by atoms with Crippen LogP contribution in [0.3, 0.4) is 0 Å². The molecule has 6 atom stereocenters. The summed E-state index contributed by atoms with van der Waals surface area (Å²) in [7, 11) is 0. The van der Waals surface area contributed by atoms with Crippen LogP contribution in [0.15, 0.2) is 121 Å². The van der Waals surface area contributed by atoms with Crippen LogP contribution in [0.4, 0.5) is 5.69 Å². The fourth-order valence-electron chi connectivity index (χ4n) is 10.3. The van der Waals surface area contributed by atoms with Crippen LogP contribution in [-0.2, 0) is 5.41 Å². The van der Waals surface area contributed by atoms with E-state index in [-0.39, 0.29) is 35.1 Å². The number of aromatic nitrogens is 1. The van der Waals surface area contributed by atoms with Crippen LogP contribution in [0.25, 0.3) is 22.2 Å². The Bertz CT molecular complexity index is 2550. The van der Waals surface area contributed by atoms with Crippen LogP contribution in [0.2, 0.25) is 0 Å². The first kappa shape index (κ1) is 33.7. The summed E-state index contributed by atoms with van der Waals surface area (Å²) in [6.45, 7) is 6.84. The lowest BCUT2D eigenvalue weighted by molar-refractivity contribution is 0.395. The third kappa shape index (κ3) is 5.09. The van der Waals surface area contributed by atoms with Gasteiger partial charge in [-0.1, -0.05) is 87.6 Å². The molecule has 1 aliphatic heterocycles. The number of benzene rings is 3. The van der Waals surface area contributed by atoms with E-state index in [0.29, 0.717) is 11.1 Å². The molecule has 0 saturated carbocycles. The smallest absolute Gasteiger partial charge is 0.0991 e. The van der Waals surface area contributed by atoms with Gasteiger partial charge in [0.05, 0.1) is 52.5 Å². The Morgan fingerprint density at radius 2 is 1.67 bits per heavy atom. The summed E-state index contributed by atoms with van der Waals surface area (Å²) in [4.78, 5) is 2.58. The Morgan fingerprint density at radius 3 is 2.50 bits per heavy atom. The molecular formula is C49H43N5. The number of anilines is 1. The first-order chi connectivity index (χ1) is 26.4. The second-order valence-corrected chi connectivity index (χ2v) is 16.0. The van der Waals surface area contributed by atoms with E-state index in [1.807, 2.05) is 18.2 Å². The topological polar surface area (TPSA) is 79.5 Å². The van der Waals surface area contributed by atoms with Crippen molar-refractivity contribution >= 4 is 27.9 Å². The first-order valence-corrected chi connectivity index (χ1v) is 19.4. The lowest BCUT2D eigenvalue weighted by Crippen LogP contribution is -2.43. The summed E-state index contributed by atoms with van der Waals surface area (Å²) < 4.78 is 2.42. The molecule has 3 aromatic carbocycles. The zero-order valence-corrected chi connectivity index (χ0v) is 31.1. The molecule has 2 heterocycles. The summed E-state index contributed by atoms with van der Waals surface area (Å²) in [5.41, 5.74) is 13.2. The van der Waals surface area contributed by atoms with Gasteiger partial charge in [-0.3, -0.25) is 0 Å². The van der Waals surface area contributed by atoms with Gasteiger partial charge in [0.1, 0.15) is 0 Å². The van der Waals surface area contributed by atoms with Crippen molar-refractivity contribution in [2.45, 2.75) is 82.1 Å². The minimum Gasteiger partial charge on any atom is -0.337 e. The van der Waals surface area contributed by atoms with Crippen LogP contribution in [0, 0.1) is 39.9 Å². The lowest BCUT2D eigenvalue weighted by Gasteiger charge is -2.39. The molecule has 0 saturated heterocycles. The van der Waals surface area contributed by atoms with Gasteiger partial charge < -0.3 is 9.47 Å². The zero-order chi connectivity index (χ0) is 37.1. The quantitative estimate of drug-likeness (QED) is 0.198. The normalized spacial score (nSPS) is 26.7. The molecule has 0 radical (unpaired) electrons. The second-order valence-electron chi connectivity index (χ2n) is 16.0. The molecule has 5 heteroatoms. The van der Waals surface area contributed by atoms with Crippen molar-refractivity contribution in [1.29, 1.82) is 15.8 Å². The lowest BCUT2D eigenvalue weighted by atomic mass is 9.72. The Balaban J connectivity index is 1.21. The summed E-state index contributed by atoms with van der Waals surface area (Å²) >= 11 is 0. The fourth-order valence-corrected chi connectivity index (χ4v) is 10.3. The predicted molar refractivity (Wildman–Crippen MR) is 217 cm³/mol. The van der Waals surface area contributed by atoms with Crippen molar-refractivity contribution in [3.05, 3.63) is 160 Å². The molecule has 264 valence electrons. The van der Waals surface area contributed by atoms with Crippen molar-refractivity contribution in [2.24, 2.45) is 5.92 Å². The summed E-state index contributed by atoms with van der Waals surface area (Å²) in [6, 6.07) is 28.8. The van der Waals surface area contributed by atoms with Crippen molar-refractivity contribution in [3.63, 3.8) is 0 Å². The molecule has 9 rings (SSSR count). The SMILES string of the molecule is CC1CC(C#N)[C@H](C)c2c1n(C1=C(c3ccc(C#N)cc3C3C=CC=C(N4c5ccccc5C5(C)CCC=CC45)C3)C=CCC=C1)c1ccc(C#N)cc21. The monoisotopic (exact) mass is 701 g/mol. The Labute approximate surface area is 318 Å². The average molecular weight is 702 g/mol. The minimum absolute atomic E-state index is 0.0351. The average Bonchev–Trinajstić information content (AvgIpc) is 3.56. The predicted octanol–water partition coefficient (Wildman–Crippen LogP) is 11.4. The van der Waals surface area contributed by atoms with Crippen molar-refractivity contribution < 1.29 is 0 Å². The standard InChI is InChI=1S/C49H43N5/c1-31-24-36(30-52)32(2)47-41-26-34(29-51)20-22-44(41)54(48(31)47)43-16-6-4-5-14-39(43)38-21-19-33(28-50)25-40(38)35-12-11-13-37(27-35)53-45-17-8-7-15-42(45)49(3)23-10-9-18-46(49)53/h5-9,11-22,25-26,31-32,35-36,46H,4,10,23-24,27H2,1-3H3/t31?,32-,35?,36?,46?,49?/m0/s1. The number of allylic oxidation sites excluding steroid dienone is 11. The Hall–Kier alpha value is -6.09. The number of nitriles is 3. The number of fused-ring (bicyclic) bond motifs is 6. The van der Waals surface area contributed by atoms with Crippen molar-refractivity contribution in [3.8, 4) is 18.2 Å². The van der Waals surface area contributed by atoms with Gasteiger partial charge in [-0.15, -0.1) is 0 Å². The van der Waals surface area contributed by atoms with Gasteiger partial charge in [-0.2, -0.15) is 15.8 Å². The van der Waals surface area contributed by atoms with Crippen LogP contribution < -0.4 is 4.90 Å². The maximum Gasteiger partial charge on any atom is 0.0991 e. The van der Waals surface area contributed by atoms with E-state index in [2.05, 4.69) is 146 Å². The van der Waals surface area contributed by atoms with Crippen LogP contribution in [-0.4, -0.2) is 10.6 Å². The summed E-state index contributed by atoms with van der Waals surface area (Å²) in [5.74, 6) is 0.141. The van der Waals surface area contributed by atoms with Crippen LogP contribution in [0.5, 0.6) is 0 Å². The van der Waals surface area contributed by atoms with Gasteiger partial charge in [0, 0.05) is 39.4 Å². The molecular weight excluding hydrogens is 659 g/mol. The highest BCUT2D eigenvalue weighted by atomic mass is 15.2. The highest BCUT2D eigenvalue weighted by molar-refractivity contribution is 6.00. The molecule has 1 aromatic heterocycles. The fraction of sp³-hybridized carbons (Fsp3) is 0.286. The van der Waals surface area contributed by atoms with E-state index in [1.165, 1.54) is 28.2 Å². The molecule has 0 fully saturated rings. The number of nitrogens with zero attached hydrogens (tertiary/aromatic N) is 5. The zero-order valence-electron chi connectivity index (χ0n) is 31.1. The van der Waals surface area contributed by atoms with Crippen LogP contribution >= 0.6 is 0 Å². The van der Waals surface area contributed by atoms with Gasteiger partial charge in [-0.05, 0) is 115 Å². The minimum atomic E-state index is -0.0923. The first-order valence-electron chi connectivity index (χ1n) is 19.4. The number of rotatable bonds is 4. The highest BCUT2D eigenvalue weighted by Gasteiger charge is 2.48. The molecule has 0 N–H and O–H groups in total. The van der Waals surface area contributed by atoms with Gasteiger partial charge in [0.2, 0.25) is 0 Å². The van der Waals surface area contributed by atoms with E-state index in [0.717, 1.165) is 65.4 Å². The molecule has 0 spiro atoms. The second kappa shape index (κ2) is 13.1. The molecule has 5 unspecified atom stereocenters. The van der Waals surface area contributed by atoms with E-state index < -0.39 is 0 Å². The molecule has 4 aliphatic carbocycles. The third-order valence-electron chi connectivity index (χ3n) is 12.9. The molecule has 5 aliphatic rings. The van der Waals surface area contributed by atoms with Crippen molar-refractivity contribution in [1.82, 2.24) is 4.57 Å². The summed E-state index contributed by atoms with van der Waals surface area (Å²) in [5, 5.41) is 31.4. The molecule has 0 amide bonds. The number of hydrogen-bond acceptors (Lipinski definition) is 4. The molecule has 54 heavy (non-hydrogen) atoms. The maximum atomic E-state index is 10.2. The number of hydrogen-bond donors (Lipinski definition) is 0. The van der Waals surface area contributed by atoms with E-state index in [4.69, 9.17) is 0 Å². The Morgan fingerprint density at radius 1 is 0.870 bits per heavy atom. The molecule has 0 bridgehead atoms. The van der Waals surface area contributed by atoms with Gasteiger partial charge in [-0.25, -0.2) is 0 Å². The summed E-state index contributed by atoms with van der Waals surface area (Å²) in [6.07, 6.45) is 25.2. The molecule has 5 nitrogen and oxygen atoms in total. The molecule has 4 aromatic rings. The van der Waals surface area contributed by atoms with E-state index >= 15 is 0 Å². The van der Waals surface area contributed by atoms with Gasteiger partial charge in [0.25, 0.3) is 0 Å². The maximum absolute atomic E-state index is 10.2. The van der Waals surface area contributed by atoms with Crippen LogP contribution in [0.1, 0.15) is 110 Å². The van der Waals surface area contributed by atoms with E-state index in [9.17, 15) is 15.8 Å². The highest BCUT2D eigenvalue weighted by Crippen LogP contribution is 2.54. The third-order valence-corrected chi connectivity index (χ3v) is 12.9. The van der Waals surface area contributed by atoms with Gasteiger partial charge in [0.15, 0.2) is 0 Å². The Kier molecular flexibility index (Phi) is 8.18. The van der Waals surface area contributed by atoms with E-state index in [1.54, 1.807) is 0 Å². The van der Waals surface area contributed by atoms with Crippen molar-refractivity contribution in [2.75, 3.05) is 4.90 Å². The van der Waals surface area contributed by atoms with Gasteiger partial charge >= 0.3 is 0 Å².